The van der Waals surface area contributed by atoms with Gasteiger partial charge in [0.25, 0.3) is 0 Å². The van der Waals surface area contributed by atoms with Crippen LogP contribution in [0.5, 0.6) is 0 Å². The highest BCUT2D eigenvalue weighted by Gasteiger charge is 2.17. The Balaban J connectivity index is 0.00000137. The number of carbonyl (C=O) groups is 1. The first-order chi connectivity index (χ1) is 8.29. The molecule has 0 fully saturated rings. The number of amides is 1. The summed E-state index contributed by atoms with van der Waals surface area (Å²) in [4.78, 5) is 15.4. The Bertz CT molecular complexity index is 380. The van der Waals surface area contributed by atoms with Gasteiger partial charge in [0.1, 0.15) is 5.60 Å². The Kier molecular flexibility index (Phi) is 6.70. The minimum absolute atomic E-state index is 0.255. The molecule has 5 heteroatoms. The van der Waals surface area contributed by atoms with Crippen molar-refractivity contribution >= 4 is 23.4 Å². The number of rotatable bonds is 1. The van der Waals surface area contributed by atoms with E-state index in [0.29, 0.717) is 5.69 Å². The van der Waals surface area contributed by atoms with Gasteiger partial charge in [0.05, 0.1) is 5.69 Å². The van der Waals surface area contributed by atoms with E-state index in [1.165, 1.54) is 0 Å². The van der Waals surface area contributed by atoms with Gasteiger partial charge in [-0.05, 0) is 39.3 Å². The lowest BCUT2D eigenvalue weighted by Crippen LogP contribution is -2.27. The van der Waals surface area contributed by atoms with Gasteiger partial charge >= 0.3 is 6.09 Å². The van der Waals surface area contributed by atoms with Crippen molar-refractivity contribution in [3.05, 3.63) is 23.0 Å². The summed E-state index contributed by atoms with van der Waals surface area (Å²) in [5.41, 5.74) is 0.788. The highest BCUT2D eigenvalue weighted by molar-refractivity contribution is 6.32. The zero-order valence-electron chi connectivity index (χ0n) is 11.8. The molecule has 1 heterocycles. The topological polar surface area (TPSA) is 51.2 Å². The summed E-state index contributed by atoms with van der Waals surface area (Å²) in [6.45, 7) is 11.2. The van der Waals surface area contributed by atoms with Gasteiger partial charge in [-0.15, -0.1) is 0 Å². The molecule has 1 aromatic rings. The summed E-state index contributed by atoms with van der Waals surface area (Å²) in [6.07, 6.45) is 1.04. The normalized spacial score (nSPS) is 10.2. The van der Waals surface area contributed by atoms with Gasteiger partial charge in [0, 0.05) is 6.20 Å². The second-order valence-electron chi connectivity index (χ2n) is 4.42. The molecule has 1 rings (SSSR count). The summed E-state index contributed by atoms with van der Waals surface area (Å²) < 4.78 is 5.12. The molecular formula is C13H21ClN2O2. The minimum atomic E-state index is -0.537. The van der Waals surface area contributed by atoms with E-state index in [4.69, 9.17) is 16.3 Å². The molecule has 1 N–H and O–H groups in total. The van der Waals surface area contributed by atoms with E-state index in [9.17, 15) is 4.79 Å². The third kappa shape index (κ3) is 5.87. The van der Waals surface area contributed by atoms with E-state index in [1.54, 1.807) is 33.0 Å². The molecule has 0 aliphatic carbocycles. The number of aryl methyl sites for hydroxylation is 1. The quantitative estimate of drug-likeness (QED) is 0.770. The third-order valence-corrected chi connectivity index (χ3v) is 2.03. The summed E-state index contributed by atoms with van der Waals surface area (Å²) >= 11 is 5.86. The molecule has 0 aromatic carbocycles. The maximum atomic E-state index is 11.5. The summed E-state index contributed by atoms with van der Waals surface area (Å²) in [7, 11) is 0. The van der Waals surface area contributed by atoms with E-state index in [-0.39, 0.29) is 5.15 Å². The minimum Gasteiger partial charge on any atom is -0.444 e. The van der Waals surface area contributed by atoms with Gasteiger partial charge in [-0.3, -0.25) is 5.32 Å². The number of pyridine rings is 1. The summed E-state index contributed by atoms with van der Waals surface area (Å²) in [5, 5.41) is 2.83. The molecule has 0 radical (unpaired) electrons. The Hall–Kier alpha value is -1.29. The van der Waals surface area contributed by atoms with Crippen LogP contribution in [0.25, 0.3) is 0 Å². The van der Waals surface area contributed by atoms with Crippen LogP contribution in [-0.2, 0) is 4.74 Å². The van der Waals surface area contributed by atoms with Crippen LogP contribution in [0.15, 0.2) is 12.3 Å². The Morgan fingerprint density at radius 3 is 2.39 bits per heavy atom. The lowest BCUT2D eigenvalue weighted by molar-refractivity contribution is 0.0635. The molecule has 0 bridgehead atoms. The van der Waals surface area contributed by atoms with Gasteiger partial charge in [0.15, 0.2) is 5.15 Å². The van der Waals surface area contributed by atoms with Gasteiger partial charge < -0.3 is 4.74 Å². The molecule has 0 atom stereocenters. The molecule has 0 saturated carbocycles. The average molecular weight is 273 g/mol. The van der Waals surface area contributed by atoms with Gasteiger partial charge in [-0.25, -0.2) is 9.78 Å². The van der Waals surface area contributed by atoms with Crippen molar-refractivity contribution in [3.63, 3.8) is 0 Å². The first kappa shape index (κ1) is 16.7. The van der Waals surface area contributed by atoms with Gasteiger partial charge in [-0.1, -0.05) is 25.4 Å². The van der Waals surface area contributed by atoms with Crippen LogP contribution in [0.3, 0.4) is 0 Å². The molecule has 0 aliphatic rings. The van der Waals surface area contributed by atoms with Crippen molar-refractivity contribution in [1.29, 1.82) is 0 Å². The van der Waals surface area contributed by atoms with Crippen LogP contribution in [0, 0.1) is 6.92 Å². The number of hydrogen-bond acceptors (Lipinski definition) is 3. The van der Waals surface area contributed by atoms with E-state index in [2.05, 4.69) is 10.3 Å². The molecule has 0 aliphatic heterocycles. The molecule has 0 saturated heterocycles. The lowest BCUT2D eigenvalue weighted by Gasteiger charge is -2.20. The maximum absolute atomic E-state index is 11.5. The molecule has 102 valence electrons. The fourth-order valence-corrected chi connectivity index (χ4v) is 1.33. The predicted octanol–water partition coefficient (Wildman–Crippen LogP) is 4.42. The number of ether oxygens (including phenoxy) is 1. The number of nitrogens with zero attached hydrogens (tertiary/aromatic N) is 1. The van der Waals surface area contributed by atoms with Crippen LogP contribution in [-0.4, -0.2) is 16.7 Å². The molecule has 0 unspecified atom stereocenters. The van der Waals surface area contributed by atoms with Crippen molar-refractivity contribution in [1.82, 2.24) is 4.98 Å². The third-order valence-electron chi connectivity index (χ3n) is 1.74. The smallest absolute Gasteiger partial charge is 0.412 e. The maximum Gasteiger partial charge on any atom is 0.412 e. The van der Waals surface area contributed by atoms with Crippen LogP contribution in [0.1, 0.15) is 40.2 Å². The van der Waals surface area contributed by atoms with Crippen molar-refractivity contribution in [2.24, 2.45) is 0 Å². The van der Waals surface area contributed by atoms with E-state index in [1.807, 2.05) is 20.8 Å². The molecule has 1 amide bonds. The van der Waals surface area contributed by atoms with Crippen molar-refractivity contribution in [2.75, 3.05) is 5.32 Å². The second-order valence-corrected chi connectivity index (χ2v) is 4.78. The Morgan fingerprint density at radius 2 is 1.94 bits per heavy atom. The molecular weight excluding hydrogens is 252 g/mol. The van der Waals surface area contributed by atoms with Crippen molar-refractivity contribution < 1.29 is 9.53 Å². The summed E-state index contributed by atoms with van der Waals surface area (Å²) in [6, 6.07) is 1.76. The van der Waals surface area contributed by atoms with Crippen LogP contribution in [0.2, 0.25) is 5.15 Å². The van der Waals surface area contributed by atoms with Gasteiger partial charge in [-0.2, -0.15) is 0 Å². The van der Waals surface area contributed by atoms with E-state index >= 15 is 0 Å². The van der Waals surface area contributed by atoms with E-state index in [0.717, 1.165) is 5.56 Å². The van der Waals surface area contributed by atoms with Crippen LogP contribution < -0.4 is 5.32 Å². The molecule has 18 heavy (non-hydrogen) atoms. The van der Waals surface area contributed by atoms with Crippen molar-refractivity contribution in [2.45, 2.75) is 47.1 Å². The summed E-state index contributed by atoms with van der Waals surface area (Å²) in [5.74, 6) is 0. The number of anilines is 1. The number of hydrogen-bond donors (Lipinski definition) is 1. The number of aromatic nitrogens is 1. The molecule has 0 spiro atoms. The zero-order valence-corrected chi connectivity index (χ0v) is 12.6. The first-order valence-corrected chi connectivity index (χ1v) is 6.28. The SMILES string of the molecule is CC.Cc1ccnc(Cl)c1NC(=O)OC(C)(C)C. The number of carbonyl (C=O) groups excluding carboxylic acids is 1. The molecule has 4 nitrogen and oxygen atoms in total. The largest absolute Gasteiger partial charge is 0.444 e. The monoisotopic (exact) mass is 272 g/mol. The lowest BCUT2D eigenvalue weighted by atomic mass is 10.2. The zero-order chi connectivity index (χ0) is 14.3. The number of nitrogens with one attached hydrogen (secondary N) is 1. The van der Waals surface area contributed by atoms with Crippen molar-refractivity contribution in [3.8, 4) is 0 Å². The fourth-order valence-electron chi connectivity index (χ4n) is 1.08. The van der Waals surface area contributed by atoms with Crippen LogP contribution >= 0.6 is 11.6 Å². The highest BCUT2D eigenvalue weighted by Crippen LogP contribution is 2.23. The average Bonchev–Trinajstić information content (AvgIpc) is 2.24. The fraction of sp³-hybridized carbons (Fsp3) is 0.538. The highest BCUT2D eigenvalue weighted by atomic mass is 35.5. The first-order valence-electron chi connectivity index (χ1n) is 5.91. The molecule has 1 aromatic heterocycles. The second kappa shape index (κ2) is 7.21. The standard InChI is InChI=1S/C11H15ClN2O2.C2H6/c1-7-5-6-13-9(12)8(7)14-10(15)16-11(2,3)4;1-2/h5-6H,1-4H3,(H,14,15);1-2H3. The van der Waals surface area contributed by atoms with E-state index < -0.39 is 11.7 Å². The Labute approximate surface area is 114 Å². The number of halogens is 1. The van der Waals surface area contributed by atoms with Crippen LogP contribution in [0.4, 0.5) is 10.5 Å². The Morgan fingerprint density at radius 1 is 1.39 bits per heavy atom. The predicted molar refractivity (Wildman–Crippen MR) is 75.2 cm³/mol. The van der Waals surface area contributed by atoms with Gasteiger partial charge in [0.2, 0.25) is 0 Å².